The Bertz CT molecular complexity index is 473. The van der Waals surface area contributed by atoms with Gasteiger partial charge in [0.25, 0.3) is 0 Å². The average molecular weight is 262 g/mol. The minimum Gasteiger partial charge on any atom is -0.325 e. The number of nitrogens with two attached hydrogens (primary N) is 1. The van der Waals surface area contributed by atoms with Gasteiger partial charge in [0.1, 0.15) is 0 Å². The van der Waals surface area contributed by atoms with Crippen LogP contribution in [0, 0.1) is 0 Å². The van der Waals surface area contributed by atoms with Crippen LogP contribution in [0.15, 0.2) is 24.3 Å². The summed E-state index contributed by atoms with van der Waals surface area (Å²) >= 11 is 1.78. The van der Waals surface area contributed by atoms with Crippen LogP contribution in [-0.4, -0.2) is 10.5 Å². The molecule has 1 heterocycles. The zero-order valence-electron chi connectivity index (χ0n) is 11.3. The second-order valence-corrected chi connectivity index (χ2v) is 6.19. The van der Waals surface area contributed by atoms with Crippen LogP contribution in [0.25, 0.3) is 10.2 Å². The van der Waals surface area contributed by atoms with Crippen molar-refractivity contribution in [2.24, 2.45) is 5.73 Å². The van der Waals surface area contributed by atoms with Crippen molar-refractivity contribution in [2.45, 2.75) is 51.5 Å². The van der Waals surface area contributed by atoms with Gasteiger partial charge in [0.05, 0.1) is 15.2 Å². The smallest absolute Gasteiger partial charge is 0.0956 e. The zero-order chi connectivity index (χ0) is 13.0. The van der Waals surface area contributed by atoms with Crippen molar-refractivity contribution in [3.8, 4) is 0 Å². The molecular formula is C15H22N2S. The molecule has 1 unspecified atom stereocenters. The molecule has 0 saturated heterocycles. The molecule has 3 heteroatoms. The molecule has 18 heavy (non-hydrogen) atoms. The molecular weight excluding hydrogens is 240 g/mol. The summed E-state index contributed by atoms with van der Waals surface area (Å²) in [6, 6.07) is 8.31. The molecule has 0 radical (unpaired) electrons. The lowest BCUT2D eigenvalue weighted by molar-refractivity contribution is 0.365. The third-order valence-corrected chi connectivity index (χ3v) is 4.61. The molecule has 1 atom stereocenters. The van der Waals surface area contributed by atoms with Crippen molar-refractivity contribution in [1.82, 2.24) is 4.98 Å². The average Bonchev–Trinajstić information content (AvgIpc) is 2.78. The van der Waals surface area contributed by atoms with E-state index in [1.165, 1.54) is 22.5 Å². The molecule has 0 aliphatic carbocycles. The van der Waals surface area contributed by atoms with Gasteiger partial charge in [-0.1, -0.05) is 38.8 Å². The molecule has 0 aliphatic heterocycles. The molecule has 0 spiro atoms. The number of para-hydroxylation sites is 1. The maximum Gasteiger partial charge on any atom is 0.0956 e. The molecule has 2 rings (SSSR count). The largest absolute Gasteiger partial charge is 0.325 e. The SMILES string of the molecule is CCCCC(N)(CC)Cc1nc2ccccc2s1. The third kappa shape index (κ3) is 3.09. The predicted molar refractivity (Wildman–Crippen MR) is 80.1 cm³/mol. The zero-order valence-corrected chi connectivity index (χ0v) is 12.1. The summed E-state index contributed by atoms with van der Waals surface area (Å²) < 4.78 is 1.27. The van der Waals surface area contributed by atoms with Crippen LogP contribution < -0.4 is 5.73 Å². The van der Waals surface area contributed by atoms with Crippen molar-refractivity contribution in [1.29, 1.82) is 0 Å². The highest BCUT2D eigenvalue weighted by Crippen LogP contribution is 2.27. The maximum atomic E-state index is 6.50. The first-order valence-electron chi connectivity index (χ1n) is 6.80. The van der Waals surface area contributed by atoms with E-state index in [0.29, 0.717) is 0 Å². The Morgan fingerprint density at radius 2 is 2.06 bits per heavy atom. The van der Waals surface area contributed by atoms with Crippen LogP contribution >= 0.6 is 11.3 Å². The molecule has 98 valence electrons. The third-order valence-electron chi connectivity index (χ3n) is 3.57. The van der Waals surface area contributed by atoms with Gasteiger partial charge in [-0.3, -0.25) is 0 Å². The van der Waals surface area contributed by atoms with Crippen LogP contribution in [0.1, 0.15) is 44.5 Å². The summed E-state index contributed by atoms with van der Waals surface area (Å²) in [5, 5.41) is 1.18. The van der Waals surface area contributed by atoms with Crippen LogP contribution in [0.2, 0.25) is 0 Å². The fraction of sp³-hybridized carbons (Fsp3) is 0.533. The van der Waals surface area contributed by atoms with Gasteiger partial charge in [0.2, 0.25) is 0 Å². The van der Waals surface area contributed by atoms with Gasteiger partial charge >= 0.3 is 0 Å². The van der Waals surface area contributed by atoms with E-state index < -0.39 is 0 Å². The van der Waals surface area contributed by atoms with Crippen LogP contribution in [0.5, 0.6) is 0 Å². The van der Waals surface area contributed by atoms with E-state index in [0.717, 1.165) is 24.8 Å². The summed E-state index contributed by atoms with van der Waals surface area (Å²) in [7, 11) is 0. The van der Waals surface area contributed by atoms with E-state index in [9.17, 15) is 0 Å². The van der Waals surface area contributed by atoms with Crippen molar-refractivity contribution >= 4 is 21.6 Å². The Morgan fingerprint density at radius 1 is 1.28 bits per heavy atom. The fourth-order valence-corrected chi connectivity index (χ4v) is 3.34. The second kappa shape index (κ2) is 5.81. The number of fused-ring (bicyclic) bond motifs is 1. The van der Waals surface area contributed by atoms with Gasteiger partial charge in [-0.2, -0.15) is 0 Å². The Hall–Kier alpha value is -0.930. The topological polar surface area (TPSA) is 38.9 Å². The lowest BCUT2D eigenvalue weighted by Gasteiger charge is -2.27. The number of hydrogen-bond donors (Lipinski definition) is 1. The first kappa shape index (κ1) is 13.5. The lowest BCUT2D eigenvalue weighted by atomic mass is 9.88. The van der Waals surface area contributed by atoms with E-state index in [4.69, 9.17) is 10.7 Å². The maximum absolute atomic E-state index is 6.50. The molecule has 1 aromatic heterocycles. The predicted octanol–water partition coefficient (Wildman–Crippen LogP) is 4.14. The fourth-order valence-electron chi connectivity index (χ4n) is 2.22. The first-order valence-corrected chi connectivity index (χ1v) is 7.62. The van der Waals surface area contributed by atoms with Crippen molar-refractivity contribution in [3.05, 3.63) is 29.3 Å². The van der Waals surface area contributed by atoms with Gasteiger partial charge in [-0.25, -0.2) is 4.98 Å². The van der Waals surface area contributed by atoms with E-state index >= 15 is 0 Å². The molecule has 2 aromatic rings. The van der Waals surface area contributed by atoms with E-state index in [1.54, 1.807) is 11.3 Å². The first-order chi connectivity index (χ1) is 8.67. The highest BCUT2D eigenvalue weighted by molar-refractivity contribution is 7.18. The summed E-state index contributed by atoms with van der Waals surface area (Å²) in [6.07, 6.45) is 5.43. The molecule has 2 N–H and O–H groups in total. The number of thiazole rings is 1. The Balaban J connectivity index is 2.15. The number of aromatic nitrogens is 1. The molecule has 0 saturated carbocycles. The summed E-state index contributed by atoms with van der Waals surface area (Å²) in [4.78, 5) is 4.69. The number of nitrogens with zero attached hydrogens (tertiary/aromatic N) is 1. The standard InChI is InChI=1S/C15H22N2S/c1-3-5-10-15(16,4-2)11-14-17-12-8-6-7-9-13(12)18-14/h6-9H,3-5,10-11,16H2,1-2H3. The molecule has 1 aromatic carbocycles. The summed E-state index contributed by atoms with van der Waals surface area (Å²) in [5.74, 6) is 0. The second-order valence-electron chi connectivity index (χ2n) is 5.07. The van der Waals surface area contributed by atoms with Gasteiger partial charge < -0.3 is 5.73 Å². The van der Waals surface area contributed by atoms with Gasteiger partial charge in [0, 0.05) is 12.0 Å². The minimum atomic E-state index is -0.0795. The summed E-state index contributed by atoms with van der Waals surface area (Å²) in [6.45, 7) is 4.40. The van der Waals surface area contributed by atoms with Crippen LogP contribution in [0.4, 0.5) is 0 Å². The Labute approximate surface area is 113 Å². The normalized spacial score (nSPS) is 14.8. The summed E-state index contributed by atoms with van der Waals surface area (Å²) in [5.41, 5.74) is 7.53. The molecule has 0 fully saturated rings. The lowest BCUT2D eigenvalue weighted by Crippen LogP contribution is -2.41. The minimum absolute atomic E-state index is 0.0795. The Morgan fingerprint density at radius 3 is 2.72 bits per heavy atom. The monoisotopic (exact) mass is 262 g/mol. The Kier molecular flexibility index (Phi) is 4.36. The number of unbranched alkanes of at least 4 members (excludes halogenated alkanes) is 1. The highest BCUT2D eigenvalue weighted by Gasteiger charge is 2.24. The molecule has 0 amide bonds. The van der Waals surface area contributed by atoms with Crippen LogP contribution in [0.3, 0.4) is 0 Å². The van der Waals surface area contributed by atoms with Crippen molar-refractivity contribution < 1.29 is 0 Å². The number of benzene rings is 1. The van der Waals surface area contributed by atoms with Crippen molar-refractivity contribution in [2.75, 3.05) is 0 Å². The van der Waals surface area contributed by atoms with Crippen molar-refractivity contribution in [3.63, 3.8) is 0 Å². The van der Waals surface area contributed by atoms with Crippen LogP contribution in [-0.2, 0) is 6.42 Å². The highest BCUT2D eigenvalue weighted by atomic mass is 32.1. The quantitative estimate of drug-likeness (QED) is 0.850. The molecule has 2 nitrogen and oxygen atoms in total. The molecule has 0 bridgehead atoms. The number of hydrogen-bond acceptors (Lipinski definition) is 3. The number of rotatable bonds is 6. The van der Waals surface area contributed by atoms with E-state index in [-0.39, 0.29) is 5.54 Å². The van der Waals surface area contributed by atoms with Gasteiger partial charge in [0.15, 0.2) is 0 Å². The van der Waals surface area contributed by atoms with E-state index in [1.807, 2.05) is 6.07 Å². The van der Waals surface area contributed by atoms with Gasteiger partial charge in [-0.05, 0) is 25.0 Å². The van der Waals surface area contributed by atoms with Gasteiger partial charge in [-0.15, -0.1) is 11.3 Å². The molecule has 0 aliphatic rings. The van der Waals surface area contributed by atoms with E-state index in [2.05, 4.69) is 32.0 Å².